The second-order valence-corrected chi connectivity index (χ2v) is 13.4. The smallest absolute Gasteiger partial charge is 0.316 e. The number of ether oxygens (including phenoxy) is 2. The lowest BCUT2D eigenvalue weighted by Gasteiger charge is -2.21. The average Bonchev–Trinajstić information content (AvgIpc) is 3.79. The summed E-state index contributed by atoms with van der Waals surface area (Å²) in [6.45, 7) is 14.9. The Morgan fingerprint density at radius 3 is 2.38 bits per heavy atom. The molecule has 8 bridgehead atoms. The molecule has 4 atom stereocenters. The highest BCUT2D eigenvalue weighted by Gasteiger charge is 2.47. The number of nitrogens with one attached hydrogen (secondary N) is 4. The van der Waals surface area contributed by atoms with Gasteiger partial charge in [0, 0.05) is 68.6 Å². The zero-order valence-electron chi connectivity index (χ0n) is 28.6. The zero-order valence-corrected chi connectivity index (χ0v) is 28.6. The van der Waals surface area contributed by atoms with E-state index < -0.39 is 18.0 Å². The molecule has 5 heterocycles. The number of aliphatic hydroxyl groups excluding tert-OH is 1. The van der Waals surface area contributed by atoms with Crippen molar-refractivity contribution in [1.82, 2.24) is 20.3 Å². The summed E-state index contributed by atoms with van der Waals surface area (Å²) in [5.41, 5.74) is 12.5. The van der Waals surface area contributed by atoms with Crippen LogP contribution in [0.25, 0.3) is 23.8 Å². The fourth-order valence-electron chi connectivity index (χ4n) is 7.38. The molecule has 248 valence electrons. The third-order valence-electron chi connectivity index (χ3n) is 10.3. The highest BCUT2D eigenvalue weighted by Crippen LogP contribution is 2.51. The van der Waals surface area contributed by atoms with E-state index in [1.165, 1.54) is 23.8 Å². The minimum atomic E-state index is -1.09. The molecule has 0 amide bonds. The number of hydrogen-bond acceptors (Lipinski definition) is 6. The second-order valence-electron chi connectivity index (χ2n) is 13.4. The minimum Gasteiger partial charge on any atom is -0.468 e. The van der Waals surface area contributed by atoms with Gasteiger partial charge in [0.1, 0.15) is 12.5 Å². The molecule has 0 saturated carbocycles. The van der Waals surface area contributed by atoms with Gasteiger partial charge in [0.15, 0.2) is 0 Å². The molecule has 3 aromatic rings. The monoisotopic (exact) mass is 638 g/mol. The Labute approximate surface area is 275 Å². The molecular formula is C38H46N4O5. The summed E-state index contributed by atoms with van der Waals surface area (Å²) in [4.78, 5) is 37.0. The summed E-state index contributed by atoms with van der Waals surface area (Å²) >= 11 is 0. The van der Waals surface area contributed by atoms with Crippen LogP contribution >= 0.6 is 0 Å². The summed E-state index contributed by atoms with van der Waals surface area (Å²) in [7, 11) is 1.35. The van der Waals surface area contributed by atoms with Crippen LogP contribution in [0, 0.1) is 38.5 Å². The standard InChI is InChI=1S/C38H46N4O5/c1-9-24-21(6)29-16-30-22(7)25(10-11-32(43)47-13-12-18(2)3)35(42-30)33-34(38(45)46-8)37(44)26-14-23(39-36(26)33)15-27-19(4)20(5)28(40-27)17-31(24)41-29/h12,14-17,22,25,34,37,39-42,44H,9-11,13H2,1-8H3/b27-15-,28-17-,30-16-,35-33-/t22-,25-,34+,37-/m0/s1. The Morgan fingerprint density at radius 1 is 0.979 bits per heavy atom. The van der Waals surface area contributed by atoms with Crippen LogP contribution in [-0.4, -0.2) is 45.7 Å². The van der Waals surface area contributed by atoms with Crippen LogP contribution in [0.4, 0.5) is 0 Å². The van der Waals surface area contributed by atoms with Crippen molar-refractivity contribution in [3.8, 4) is 0 Å². The quantitative estimate of drug-likeness (QED) is 0.186. The number of aromatic amines is 3. The van der Waals surface area contributed by atoms with Gasteiger partial charge in [0.2, 0.25) is 0 Å². The highest BCUT2D eigenvalue weighted by atomic mass is 16.5. The van der Waals surface area contributed by atoms with Gasteiger partial charge < -0.3 is 34.8 Å². The van der Waals surface area contributed by atoms with Crippen LogP contribution in [0.1, 0.15) is 97.2 Å². The van der Waals surface area contributed by atoms with Crippen molar-refractivity contribution in [3.63, 3.8) is 0 Å². The van der Waals surface area contributed by atoms with E-state index in [9.17, 15) is 14.7 Å². The number of methoxy groups -OCH3 is 1. The summed E-state index contributed by atoms with van der Waals surface area (Å²) in [6.07, 6.45) is 8.78. The van der Waals surface area contributed by atoms with E-state index in [-0.39, 0.29) is 30.8 Å². The number of carbonyl (C=O) groups excluding carboxylic acids is 2. The molecule has 0 unspecified atom stereocenters. The van der Waals surface area contributed by atoms with E-state index in [2.05, 4.69) is 67.0 Å². The molecule has 5 N–H and O–H groups in total. The molecule has 3 aliphatic rings. The Bertz CT molecular complexity index is 1980. The van der Waals surface area contributed by atoms with Crippen LogP contribution in [-0.2, 0) is 25.5 Å². The topological polar surface area (TPSA) is 132 Å². The Balaban J connectivity index is 1.57. The van der Waals surface area contributed by atoms with Crippen molar-refractivity contribution < 1.29 is 24.2 Å². The van der Waals surface area contributed by atoms with Gasteiger partial charge in [-0.2, -0.15) is 0 Å². The molecule has 6 rings (SSSR count). The molecule has 3 aromatic heterocycles. The van der Waals surface area contributed by atoms with E-state index in [1.807, 2.05) is 32.1 Å². The van der Waals surface area contributed by atoms with Crippen molar-refractivity contribution in [2.45, 2.75) is 73.8 Å². The van der Waals surface area contributed by atoms with Crippen molar-refractivity contribution in [2.75, 3.05) is 13.7 Å². The molecule has 0 aromatic carbocycles. The first-order valence-electron chi connectivity index (χ1n) is 16.5. The maximum absolute atomic E-state index is 13.3. The number of esters is 2. The van der Waals surface area contributed by atoms with E-state index >= 15 is 0 Å². The summed E-state index contributed by atoms with van der Waals surface area (Å²) in [6, 6.07) is 1.92. The third kappa shape index (κ3) is 5.71. The molecule has 47 heavy (non-hydrogen) atoms. The van der Waals surface area contributed by atoms with E-state index in [4.69, 9.17) is 9.47 Å². The Kier molecular flexibility index (Phi) is 8.70. The lowest BCUT2D eigenvalue weighted by atomic mass is 9.84. The van der Waals surface area contributed by atoms with Crippen LogP contribution in [0.5, 0.6) is 0 Å². The Morgan fingerprint density at radius 2 is 1.70 bits per heavy atom. The second kappa shape index (κ2) is 12.6. The van der Waals surface area contributed by atoms with Crippen molar-refractivity contribution >= 4 is 35.7 Å². The number of H-pyrrole nitrogens is 3. The van der Waals surface area contributed by atoms with E-state index in [0.717, 1.165) is 56.7 Å². The van der Waals surface area contributed by atoms with Crippen LogP contribution in [0.3, 0.4) is 0 Å². The van der Waals surface area contributed by atoms with Gasteiger partial charge in [-0.05, 0) is 100 Å². The van der Waals surface area contributed by atoms with Crippen molar-refractivity contribution in [1.29, 1.82) is 0 Å². The largest absolute Gasteiger partial charge is 0.468 e. The number of allylic oxidation sites excluding steroid dienone is 3. The minimum absolute atomic E-state index is 0.0186. The first kappa shape index (κ1) is 32.4. The van der Waals surface area contributed by atoms with E-state index in [1.54, 1.807) is 0 Å². The zero-order chi connectivity index (χ0) is 33.7. The fraction of sp³-hybridized carbons (Fsp3) is 0.421. The fourth-order valence-corrected chi connectivity index (χ4v) is 7.38. The van der Waals surface area contributed by atoms with Gasteiger partial charge in [0.05, 0.1) is 18.9 Å². The molecule has 0 spiro atoms. The number of rotatable bonds is 7. The number of fused-ring (bicyclic) bond motifs is 7. The van der Waals surface area contributed by atoms with Gasteiger partial charge in [-0.1, -0.05) is 19.4 Å². The third-order valence-corrected chi connectivity index (χ3v) is 10.3. The van der Waals surface area contributed by atoms with Gasteiger partial charge in [0.25, 0.3) is 0 Å². The van der Waals surface area contributed by atoms with Crippen LogP contribution < -0.4 is 16.0 Å². The summed E-state index contributed by atoms with van der Waals surface area (Å²) in [5.74, 6) is -1.87. The molecule has 2 aliphatic heterocycles. The summed E-state index contributed by atoms with van der Waals surface area (Å²) in [5, 5.41) is 17.3. The first-order chi connectivity index (χ1) is 22.4. The maximum Gasteiger partial charge on any atom is 0.316 e. The van der Waals surface area contributed by atoms with Gasteiger partial charge in [-0.3, -0.25) is 9.59 Å². The number of carbonyl (C=O) groups is 2. The highest BCUT2D eigenvalue weighted by molar-refractivity contribution is 5.94. The molecule has 0 radical (unpaired) electrons. The molecule has 1 aliphatic carbocycles. The van der Waals surface area contributed by atoms with Crippen LogP contribution in [0.15, 0.2) is 29.1 Å². The van der Waals surface area contributed by atoms with Gasteiger partial charge in [-0.15, -0.1) is 0 Å². The molecule has 1 saturated heterocycles. The summed E-state index contributed by atoms with van der Waals surface area (Å²) < 4.78 is 10.7. The van der Waals surface area contributed by atoms with Crippen LogP contribution in [0.2, 0.25) is 0 Å². The van der Waals surface area contributed by atoms with E-state index in [0.29, 0.717) is 23.3 Å². The molecular weight excluding hydrogens is 592 g/mol. The maximum atomic E-state index is 13.3. The molecule has 9 heteroatoms. The first-order valence-corrected chi connectivity index (χ1v) is 16.5. The lowest BCUT2D eigenvalue weighted by Crippen LogP contribution is -2.24. The van der Waals surface area contributed by atoms with Gasteiger partial charge in [-0.25, -0.2) is 0 Å². The van der Waals surface area contributed by atoms with Crippen molar-refractivity contribution in [2.24, 2.45) is 17.8 Å². The lowest BCUT2D eigenvalue weighted by molar-refractivity contribution is -0.146. The predicted octanol–water partition coefficient (Wildman–Crippen LogP) is 4.86. The van der Waals surface area contributed by atoms with Crippen molar-refractivity contribution in [3.05, 3.63) is 90.4 Å². The molecule has 1 fully saturated rings. The number of hydrogen-bond donors (Lipinski definition) is 5. The predicted molar refractivity (Wildman–Crippen MR) is 183 cm³/mol. The average molecular weight is 639 g/mol. The van der Waals surface area contributed by atoms with Gasteiger partial charge >= 0.3 is 11.9 Å². The number of aromatic nitrogens is 3. The SMILES string of the molecule is CCc1c2[nH]c(c1C)/C=C1\N/C(=C3\c4[nH]c(cc4[C@H](O)[C@@H]3C(=O)OC)/C=c3\[nH]/c(c(C)c3C)=C\2)[C@@H](CCC(=O)OCC=C(C)C)[C@@H]1C. The molecule has 9 nitrogen and oxygen atoms in total. The normalized spacial score (nSPS) is 25.2. The number of aliphatic hydroxyl groups is 1. The Hall–Kier alpha value is -4.50.